The van der Waals surface area contributed by atoms with Gasteiger partial charge in [0.2, 0.25) is 5.88 Å². The van der Waals surface area contributed by atoms with Gasteiger partial charge in [0.15, 0.2) is 0 Å². The molecule has 1 saturated heterocycles. The first-order chi connectivity index (χ1) is 18.1. The van der Waals surface area contributed by atoms with Crippen LogP contribution in [0.15, 0.2) is 36.5 Å². The zero-order valence-corrected chi connectivity index (χ0v) is 22.5. The topological polar surface area (TPSA) is 98.2 Å². The summed E-state index contributed by atoms with van der Waals surface area (Å²) in [5, 5.41) is 10.3. The summed E-state index contributed by atoms with van der Waals surface area (Å²) in [6, 6.07) is 3.60. The molecule has 0 bridgehead atoms. The fraction of sp³-hybridized carbons (Fsp3) is 0.519. The highest BCUT2D eigenvalue weighted by atomic mass is 19.4. The van der Waals surface area contributed by atoms with Crippen LogP contribution in [0, 0.1) is 17.2 Å². The van der Waals surface area contributed by atoms with Crippen molar-refractivity contribution < 1.29 is 46.5 Å². The standard InChI is InChI=1S/C27H32F4N2O6/c1-14(2)39-25(36)33-20(17-9-7-8-10-18(17)28)22(19(26(3,4)5)21(33)24(34)35)38-13-15-11-16(27(29,30)31)12-32-23(15)37-6/h7-12,14,19-22H,13H2,1-6H3,(H,34,35)/t19-,20+,21+,22+/m1/s1. The Labute approximate surface area is 223 Å². The molecule has 0 spiro atoms. The number of nitrogens with zero attached hydrogens (tertiary/aromatic N) is 2. The fourth-order valence-corrected chi connectivity index (χ4v) is 4.97. The third-order valence-electron chi connectivity index (χ3n) is 6.51. The SMILES string of the molecule is COc1ncc(C(F)(F)F)cc1CO[C@H]1[C@H](C(C)(C)C)[C@@H](C(=O)O)N(C(=O)OC(C)C)[C@H]1c1ccccc1F. The summed E-state index contributed by atoms with van der Waals surface area (Å²) in [7, 11) is 1.24. The number of methoxy groups -OCH3 is 1. The van der Waals surface area contributed by atoms with Crippen LogP contribution in [0.5, 0.6) is 5.88 Å². The molecule has 1 fully saturated rings. The monoisotopic (exact) mass is 556 g/mol. The van der Waals surface area contributed by atoms with Crippen molar-refractivity contribution in [3.63, 3.8) is 0 Å². The highest BCUT2D eigenvalue weighted by molar-refractivity contribution is 5.82. The molecule has 2 aromatic rings. The lowest BCUT2D eigenvalue weighted by molar-refractivity contribution is -0.145. The number of alkyl halides is 3. The van der Waals surface area contributed by atoms with E-state index in [-0.39, 0.29) is 17.0 Å². The van der Waals surface area contributed by atoms with Crippen molar-refractivity contribution in [2.45, 2.75) is 71.7 Å². The molecule has 0 saturated carbocycles. The molecule has 2 heterocycles. The van der Waals surface area contributed by atoms with Gasteiger partial charge in [0.25, 0.3) is 0 Å². The molecule has 1 aliphatic rings. The van der Waals surface area contributed by atoms with Gasteiger partial charge < -0.3 is 19.3 Å². The van der Waals surface area contributed by atoms with Crippen LogP contribution in [0.4, 0.5) is 22.4 Å². The number of benzene rings is 1. The molecule has 1 aliphatic heterocycles. The highest BCUT2D eigenvalue weighted by Gasteiger charge is 2.60. The van der Waals surface area contributed by atoms with Gasteiger partial charge >= 0.3 is 18.2 Å². The number of carboxylic acid groups (broad SMARTS) is 1. The molecule has 8 nitrogen and oxygen atoms in total. The third kappa shape index (κ3) is 6.43. The van der Waals surface area contributed by atoms with Gasteiger partial charge in [0.05, 0.1) is 37.5 Å². The van der Waals surface area contributed by atoms with Crippen molar-refractivity contribution in [3.8, 4) is 5.88 Å². The maximum atomic E-state index is 15.2. The summed E-state index contributed by atoms with van der Waals surface area (Å²) in [6.07, 6.45) is -6.81. The molecular weight excluding hydrogens is 524 g/mol. The quantitative estimate of drug-likeness (QED) is 0.427. The van der Waals surface area contributed by atoms with Crippen molar-refractivity contribution >= 4 is 12.1 Å². The highest BCUT2D eigenvalue weighted by Crippen LogP contribution is 2.50. The number of carbonyl (C=O) groups is 2. The summed E-state index contributed by atoms with van der Waals surface area (Å²) in [5.41, 5.74) is -1.92. The third-order valence-corrected chi connectivity index (χ3v) is 6.51. The number of aromatic nitrogens is 1. The smallest absolute Gasteiger partial charge is 0.417 e. The molecule has 1 N–H and O–H groups in total. The van der Waals surface area contributed by atoms with Crippen molar-refractivity contribution in [2.24, 2.45) is 11.3 Å². The number of amides is 1. The number of aliphatic carboxylic acids is 1. The molecule has 1 aromatic heterocycles. The van der Waals surface area contributed by atoms with Gasteiger partial charge in [-0.1, -0.05) is 39.0 Å². The predicted molar refractivity (Wildman–Crippen MR) is 131 cm³/mol. The van der Waals surface area contributed by atoms with E-state index in [1.54, 1.807) is 34.6 Å². The summed E-state index contributed by atoms with van der Waals surface area (Å²) in [6.45, 7) is 7.92. The number of carboxylic acids is 1. The van der Waals surface area contributed by atoms with E-state index in [0.717, 1.165) is 17.0 Å². The van der Waals surface area contributed by atoms with Crippen LogP contribution in [0.1, 0.15) is 57.4 Å². The molecule has 39 heavy (non-hydrogen) atoms. The molecule has 0 unspecified atom stereocenters. The summed E-state index contributed by atoms with van der Waals surface area (Å²) >= 11 is 0. The Balaban J connectivity index is 2.18. The number of pyridine rings is 1. The summed E-state index contributed by atoms with van der Waals surface area (Å²) in [4.78, 5) is 30.7. The maximum Gasteiger partial charge on any atom is 0.417 e. The van der Waals surface area contributed by atoms with E-state index in [9.17, 15) is 27.9 Å². The van der Waals surface area contributed by atoms with Crippen LogP contribution in [0.3, 0.4) is 0 Å². The minimum absolute atomic E-state index is 0.0182. The Bertz CT molecular complexity index is 1200. The van der Waals surface area contributed by atoms with Crippen molar-refractivity contribution in [2.75, 3.05) is 7.11 Å². The maximum absolute atomic E-state index is 15.2. The van der Waals surface area contributed by atoms with Gasteiger partial charge in [0, 0.05) is 23.2 Å². The number of halogens is 4. The second-order valence-corrected chi connectivity index (χ2v) is 10.6. The molecule has 12 heteroatoms. The zero-order chi connectivity index (χ0) is 29.3. The molecule has 214 valence electrons. The van der Waals surface area contributed by atoms with Gasteiger partial charge in [-0.25, -0.2) is 19.0 Å². The van der Waals surface area contributed by atoms with Crippen LogP contribution >= 0.6 is 0 Å². The van der Waals surface area contributed by atoms with E-state index in [0.29, 0.717) is 6.20 Å². The Hall–Kier alpha value is -3.41. The van der Waals surface area contributed by atoms with Gasteiger partial charge in [-0.2, -0.15) is 13.2 Å². The Morgan fingerprint density at radius 2 is 1.79 bits per heavy atom. The van der Waals surface area contributed by atoms with E-state index < -0.39 is 71.9 Å². The first kappa shape index (κ1) is 30.1. The Morgan fingerprint density at radius 1 is 1.15 bits per heavy atom. The largest absolute Gasteiger partial charge is 0.481 e. The molecule has 3 rings (SSSR count). The van der Waals surface area contributed by atoms with Crippen LogP contribution in [0.25, 0.3) is 0 Å². The number of likely N-dealkylation sites (tertiary alicyclic amines) is 1. The molecule has 4 atom stereocenters. The Morgan fingerprint density at radius 3 is 2.31 bits per heavy atom. The lowest BCUT2D eigenvalue weighted by Crippen LogP contribution is -2.47. The number of hydrogen-bond acceptors (Lipinski definition) is 6. The van der Waals surface area contributed by atoms with Crippen molar-refractivity contribution in [1.29, 1.82) is 0 Å². The first-order valence-corrected chi connectivity index (χ1v) is 12.3. The number of rotatable bonds is 7. The normalized spacial score (nSPS) is 21.8. The van der Waals surface area contributed by atoms with Crippen molar-refractivity contribution in [3.05, 3.63) is 59.0 Å². The average molecular weight is 557 g/mol. The van der Waals surface area contributed by atoms with E-state index >= 15 is 4.39 Å². The van der Waals surface area contributed by atoms with Crippen LogP contribution in [-0.4, -0.2) is 52.4 Å². The van der Waals surface area contributed by atoms with Crippen LogP contribution in [0.2, 0.25) is 0 Å². The minimum Gasteiger partial charge on any atom is -0.481 e. The molecule has 0 aliphatic carbocycles. The average Bonchev–Trinajstić information content (AvgIpc) is 3.17. The zero-order valence-electron chi connectivity index (χ0n) is 22.5. The lowest BCUT2D eigenvalue weighted by Gasteiger charge is -2.34. The molecule has 1 aromatic carbocycles. The molecular formula is C27H32F4N2O6. The summed E-state index contributed by atoms with van der Waals surface area (Å²) in [5.74, 6) is -3.12. The van der Waals surface area contributed by atoms with E-state index in [1.807, 2.05) is 0 Å². The number of carbonyl (C=O) groups excluding carboxylic acids is 1. The van der Waals surface area contributed by atoms with E-state index in [4.69, 9.17) is 14.2 Å². The second kappa shape index (κ2) is 11.4. The first-order valence-electron chi connectivity index (χ1n) is 12.3. The Kier molecular flexibility index (Phi) is 8.79. The van der Waals surface area contributed by atoms with Gasteiger partial charge in [-0.05, 0) is 31.4 Å². The predicted octanol–water partition coefficient (Wildman–Crippen LogP) is 5.85. The number of hydrogen-bond donors (Lipinski definition) is 1. The second-order valence-electron chi connectivity index (χ2n) is 10.6. The summed E-state index contributed by atoms with van der Waals surface area (Å²) < 4.78 is 72.0. The molecule has 0 radical (unpaired) electrons. The van der Waals surface area contributed by atoms with E-state index in [2.05, 4.69) is 4.98 Å². The van der Waals surface area contributed by atoms with Crippen LogP contribution < -0.4 is 4.74 Å². The van der Waals surface area contributed by atoms with Crippen LogP contribution in [-0.2, 0) is 27.1 Å². The van der Waals surface area contributed by atoms with Gasteiger partial charge in [-0.3, -0.25) is 4.90 Å². The van der Waals surface area contributed by atoms with Gasteiger partial charge in [0.1, 0.15) is 11.9 Å². The fourth-order valence-electron chi connectivity index (χ4n) is 4.97. The number of ether oxygens (including phenoxy) is 3. The molecule has 1 amide bonds. The minimum atomic E-state index is -4.68. The van der Waals surface area contributed by atoms with E-state index in [1.165, 1.54) is 25.3 Å². The van der Waals surface area contributed by atoms with Crippen molar-refractivity contribution in [1.82, 2.24) is 9.88 Å². The lowest BCUT2D eigenvalue weighted by atomic mass is 9.73. The van der Waals surface area contributed by atoms with Gasteiger partial charge in [-0.15, -0.1) is 0 Å².